The summed E-state index contributed by atoms with van der Waals surface area (Å²) in [5.74, 6) is 0. The van der Waals surface area contributed by atoms with Crippen molar-refractivity contribution in [1.29, 1.82) is 0 Å². The lowest BCUT2D eigenvalue weighted by Gasteiger charge is -2.14. The highest BCUT2D eigenvalue weighted by atomic mass is 35.5. The standard InChI is InChI=1S/C6H12ClNOS/c1-4(7)5(2)8-6(9)10-3/h4-5H,1-3H3,(H,8,9). The molecule has 0 aliphatic heterocycles. The number of rotatable bonds is 2. The van der Waals surface area contributed by atoms with Crippen molar-refractivity contribution in [3.8, 4) is 0 Å². The molecule has 2 atom stereocenters. The molecule has 4 heteroatoms. The van der Waals surface area contributed by atoms with Crippen LogP contribution in [0.5, 0.6) is 0 Å². The molecule has 60 valence electrons. The summed E-state index contributed by atoms with van der Waals surface area (Å²) in [6, 6.07) is 0.0432. The van der Waals surface area contributed by atoms with Gasteiger partial charge in [0, 0.05) is 6.04 Å². The fraction of sp³-hybridized carbons (Fsp3) is 0.833. The van der Waals surface area contributed by atoms with E-state index in [2.05, 4.69) is 5.32 Å². The molecule has 0 saturated heterocycles. The number of amides is 1. The second-order valence-corrected chi connectivity index (χ2v) is 3.57. The highest BCUT2D eigenvalue weighted by Crippen LogP contribution is 2.02. The number of carbonyl (C=O) groups excluding carboxylic acids is 1. The molecule has 0 bridgehead atoms. The third kappa shape index (κ3) is 4.01. The molecule has 0 aromatic carbocycles. The number of halogens is 1. The quantitative estimate of drug-likeness (QED) is 0.661. The van der Waals surface area contributed by atoms with Crippen LogP contribution in [0.15, 0.2) is 0 Å². The van der Waals surface area contributed by atoms with E-state index < -0.39 is 0 Å². The monoisotopic (exact) mass is 181 g/mol. The second-order valence-electron chi connectivity index (χ2n) is 2.10. The fourth-order valence-corrected chi connectivity index (χ4v) is 0.726. The number of nitrogens with one attached hydrogen (secondary N) is 1. The van der Waals surface area contributed by atoms with Gasteiger partial charge in [-0.2, -0.15) is 0 Å². The Balaban J connectivity index is 3.57. The summed E-state index contributed by atoms with van der Waals surface area (Å²) in [7, 11) is 0. The van der Waals surface area contributed by atoms with Gasteiger partial charge in [-0.1, -0.05) is 11.8 Å². The van der Waals surface area contributed by atoms with E-state index in [1.54, 1.807) is 6.26 Å². The van der Waals surface area contributed by atoms with E-state index in [4.69, 9.17) is 11.6 Å². The van der Waals surface area contributed by atoms with Crippen LogP contribution in [0.4, 0.5) is 4.79 Å². The smallest absolute Gasteiger partial charge is 0.279 e. The molecular weight excluding hydrogens is 170 g/mol. The zero-order chi connectivity index (χ0) is 8.15. The van der Waals surface area contributed by atoms with E-state index in [9.17, 15) is 4.79 Å². The van der Waals surface area contributed by atoms with Crippen LogP contribution in [0, 0.1) is 0 Å². The lowest BCUT2D eigenvalue weighted by molar-refractivity contribution is 0.258. The van der Waals surface area contributed by atoms with Crippen LogP contribution in [0.25, 0.3) is 0 Å². The molecule has 0 aliphatic rings. The van der Waals surface area contributed by atoms with Gasteiger partial charge in [0.25, 0.3) is 5.24 Å². The van der Waals surface area contributed by atoms with Crippen molar-refractivity contribution in [3.63, 3.8) is 0 Å². The molecule has 0 saturated carbocycles. The van der Waals surface area contributed by atoms with E-state index in [0.29, 0.717) is 0 Å². The highest BCUT2D eigenvalue weighted by molar-refractivity contribution is 8.12. The van der Waals surface area contributed by atoms with Crippen molar-refractivity contribution in [2.24, 2.45) is 0 Å². The van der Waals surface area contributed by atoms with Crippen molar-refractivity contribution in [2.45, 2.75) is 25.3 Å². The zero-order valence-electron chi connectivity index (χ0n) is 6.35. The van der Waals surface area contributed by atoms with Crippen molar-refractivity contribution in [3.05, 3.63) is 0 Å². The predicted octanol–water partition coefficient (Wildman–Crippen LogP) is 2.07. The normalized spacial score (nSPS) is 16.0. The van der Waals surface area contributed by atoms with E-state index in [0.717, 1.165) is 11.8 Å². The average Bonchev–Trinajstić information content (AvgIpc) is 1.87. The predicted molar refractivity (Wildman–Crippen MR) is 46.8 cm³/mol. The van der Waals surface area contributed by atoms with Gasteiger partial charge in [-0.05, 0) is 20.1 Å². The molecule has 2 unspecified atom stereocenters. The molecule has 0 fully saturated rings. The van der Waals surface area contributed by atoms with Crippen LogP contribution in [0.1, 0.15) is 13.8 Å². The van der Waals surface area contributed by atoms with E-state index in [1.807, 2.05) is 13.8 Å². The first-order chi connectivity index (χ1) is 4.57. The van der Waals surface area contributed by atoms with Gasteiger partial charge >= 0.3 is 0 Å². The van der Waals surface area contributed by atoms with Crippen LogP contribution in [0.3, 0.4) is 0 Å². The molecule has 0 spiro atoms. The molecule has 0 heterocycles. The minimum Gasteiger partial charge on any atom is -0.343 e. The minimum absolute atomic E-state index is 0.0175. The Hall–Kier alpha value is 0.110. The van der Waals surface area contributed by atoms with Gasteiger partial charge in [-0.15, -0.1) is 11.6 Å². The Labute approximate surface area is 70.7 Å². The second kappa shape index (κ2) is 4.85. The van der Waals surface area contributed by atoms with Gasteiger partial charge < -0.3 is 5.32 Å². The third-order valence-electron chi connectivity index (χ3n) is 1.22. The SMILES string of the molecule is CSC(=O)NC(C)C(C)Cl. The lowest BCUT2D eigenvalue weighted by atomic mass is 10.3. The third-order valence-corrected chi connectivity index (χ3v) is 2.09. The Morgan fingerprint density at radius 1 is 1.60 bits per heavy atom. The summed E-state index contributed by atoms with van der Waals surface area (Å²) in [5, 5.41) is 2.68. The largest absolute Gasteiger partial charge is 0.343 e. The molecule has 1 N–H and O–H groups in total. The first-order valence-electron chi connectivity index (χ1n) is 3.06. The number of hydrogen-bond donors (Lipinski definition) is 1. The molecule has 10 heavy (non-hydrogen) atoms. The Bertz CT molecular complexity index is 118. The van der Waals surface area contributed by atoms with E-state index in [1.165, 1.54) is 0 Å². The van der Waals surface area contributed by atoms with Gasteiger partial charge in [-0.25, -0.2) is 0 Å². The van der Waals surface area contributed by atoms with E-state index in [-0.39, 0.29) is 16.7 Å². The molecule has 1 amide bonds. The number of carbonyl (C=O) groups is 1. The fourth-order valence-electron chi connectivity index (χ4n) is 0.360. The van der Waals surface area contributed by atoms with Crippen LogP contribution in [-0.2, 0) is 0 Å². The first kappa shape index (κ1) is 10.1. The van der Waals surface area contributed by atoms with Crippen molar-refractivity contribution in [1.82, 2.24) is 5.32 Å². The Morgan fingerprint density at radius 2 is 2.10 bits per heavy atom. The maximum absolute atomic E-state index is 10.7. The van der Waals surface area contributed by atoms with Gasteiger partial charge in [0.2, 0.25) is 0 Å². The highest BCUT2D eigenvalue weighted by Gasteiger charge is 2.10. The molecule has 0 aromatic rings. The van der Waals surface area contributed by atoms with Gasteiger partial charge in [0.05, 0.1) is 5.38 Å². The van der Waals surface area contributed by atoms with Gasteiger partial charge in [0.15, 0.2) is 0 Å². The van der Waals surface area contributed by atoms with Crippen molar-refractivity contribution < 1.29 is 4.79 Å². The molecule has 0 rings (SSSR count). The van der Waals surface area contributed by atoms with Crippen LogP contribution < -0.4 is 5.32 Å². The van der Waals surface area contributed by atoms with Gasteiger partial charge in [0.1, 0.15) is 0 Å². The topological polar surface area (TPSA) is 29.1 Å². The average molecular weight is 182 g/mol. The molecule has 0 aromatic heterocycles. The summed E-state index contributed by atoms with van der Waals surface area (Å²) >= 11 is 6.87. The Morgan fingerprint density at radius 3 is 2.40 bits per heavy atom. The summed E-state index contributed by atoms with van der Waals surface area (Å²) in [5.41, 5.74) is 0. The summed E-state index contributed by atoms with van der Waals surface area (Å²) in [4.78, 5) is 10.7. The zero-order valence-corrected chi connectivity index (χ0v) is 7.92. The molecule has 0 radical (unpaired) electrons. The molecule has 0 aliphatic carbocycles. The van der Waals surface area contributed by atoms with Crippen molar-refractivity contribution >= 4 is 28.6 Å². The molecule has 2 nitrogen and oxygen atoms in total. The van der Waals surface area contributed by atoms with Crippen LogP contribution >= 0.6 is 23.4 Å². The summed E-state index contributed by atoms with van der Waals surface area (Å²) in [6.45, 7) is 3.73. The molecular formula is C6H12ClNOS. The Kier molecular flexibility index (Phi) is 4.91. The van der Waals surface area contributed by atoms with E-state index >= 15 is 0 Å². The van der Waals surface area contributed by atoms with Gasteiger partial charge in [-0.3, -0.25) is 4.79 Å². The summed E-state index contributed by atoms with van der Waals surface area (Å²) < 4.78 is 0. The maximum Gasteiger partial charge on any atom is 0.279 e. The summed E-state index contributed by atoms with van der Waals surface area (Å²) in [6.07, 6.45) is 1.74. The number of hydrogen-bond acceptors (Lipinski definition) is 2. The minimum atomic E-state index is -0.0278. The lowest BCUT2D eigenvalue weighted by Crippen LogP contribution is -2.35. The van der Waals surface area contributed by atoms with Crippen LogP contribution in [-0.4, -0.2) is 22.9 Å². The van der Waals surface area contributed by atoms with Crippen LogP contribution in [0.2, 0.25) is 0 Å². The first-order valence-corrected chi connectivity index (χ1v) is 4.72. The number of alkyl halides is 1. The van der Waals surface area contributed by atoms with Crippen molar-refractivity contribution in [2.75, 3.05) is 6.26 Å². The number of thioether (sulfide) groups is 1. The maximum atomic E-state index is 10.7.